The molecule has 2 rings (SSSR count). The van der Waals surface area contributed by atoms with Gasteiger partial charge in [0.15, 0.2) is 0 Å². The van der Waals surface area contributed by atoms with Crippen LogP contribution in [0.25, 0.3) is 0 Å². The molecule has 2 fully saturated rings. The first-order chi connectivity index (χ1) is 8.34. The summed E-state index contributed by atoms with van der Waals surface area (Å²) in [5.41, 5.74) is 0. The third-order valence-corrected chi connectivity index (χ3v) is 4.11. The van der Waals surface area contributed by atoms with Gasteiger partial charge in [-0.25, -0.2) is 0 Å². The number of hydrogen-bond acceptors (Lipinski definition) is 3. The Labute approximate surface area is 106 Å². The molecule has 2 aliphatic heterocycles. The highest BCUT2D eigenvalue weighted by molar-refractivity contribution is 4.75. The summed E-state index contributed by atoms with van der Waals surface area (Å²) in [4.78, 5) is 2.53. The van der Waals surface area contributed by atoms with Crippen molar-refractivity contribution in [2.24, 2.45) is 5.92 Å². The van der Waals surface area contributed by atoms with E-state index in [1.807, 2.05) is 0 Å². The van der Waals surface area contributed by atoms with Gasteiger partial charge in [-0.2, -0.15) is 0 Å². The lowest BCUT2D eigenvalue weighted by atomic mass is 9.99. The molecule has 0 amide bonds. The molecule has 2 saturated heterocycles. The van der Waals surface area contributed by atoms with Crippen LogP contribution in [0.3, 0.4) is 0 Å². The molecule has 100 valence electrons. The Hall–Kier alpha value is -0.120. The number of ether oxygens (including phenoxy) is 1. The summed E-state index contributed by atoms with van der Waals surface area (Å²) in [5.74, 6) is 0.861. The zero-order valence-electron chi connectivity index (χ0n) is 11.3. The molecule has 0 aromatic rings. The smallest absolute Gasteiger partial charge is 0.0469 e. The van der Waals surface area contributed by atoms with Gasteiger partial charge < -0.3 is 15.0 Å². The van der Waals surface area contributed by atoms with Gasteiger partial charge in [-0.1, -0.05) is 12.8 Å². The van der Waals surface area contributed by atoms with Crippen LogP contribution in [0.15, 0.2) is 0 Å². The van der Waals surface area contributed by atoms with Crippen LogP contribution >= 0.6 is 0 Å². The van der Waals surface area contributed by atoms with Gasteiger partial charge in [0.1, 0.15) is 0 Å². The summed E-state index contributed by atoms with van der Waals surface area (Å²) in [6.07, 6.45) is 8.04. The molecule has 3 heteroatoms. The van der Waals surface area contributed by atoms with E-state index in [-0.39, 0.29) is 0 Å². The van der Waals surface area contributed by atoms with E-state index in [4.69, 9.17) is 4.74 Å². The Bertz CT molecular complexity index is 196. The van der Waals surface area contributed by atoms with E-state index in [2.05, 4.69) is 17.3 Å². The first kappa shape index (κ1) is 13.3. The van der Waals surface area contributed by atoms with Gasteiger partial charge in [-0.3, -0.25) is 0 Å². The maximum Gasteiger partial charge on any atom is 0.0469 e. The molecule has 1 unspecified atom stereocenters. The average molecular weight is 240 g/mol. The lowest BCUT2D eigenvalue weighted by Gasteiger charge is -2.29. The molecule has 0 aromatic carbocycles. The normalized spacial score (nSPS) is 28.2. The molecule has 17 heavy (non-hydrogen) atoms. The fourth-order valence-electron chi connectivity index (χ4n) is 3.08. The second-order valence-electron chi connectivity index (χ2n) is 5.78. The summed E-state index contributed by atoms with van der Waals surface area (Å²) in [7, 11) is 2.28. The third kappa shape index (κ3) is 4.94. The second-order valence-corrected chi connectivity index (χ2v) is 5.78. The van der Waals surface area contributed by atoms with Crippen LogP contribution in [0.4, 0.5) is 0 Å². The highest BCUT2D eigenvalue weighted by Crippen LogP contribution is 2.16. The van der Waals surface area contributed by atoms with Crippen LogP contribution in [0.5, 0.6) is 0 Å². The van der Waals surface area contributed by atoms with Crippen molar-refractivity contribution in [1.29, 1.82) is 0 Å². The molecule has 0 aliphatic carbocycles. The minimum Gasteiger partial charge on any atom is -0.381 e. The maximum absolute atomic E-state index is 5.42. The summed E-state index contributed by atoms with van der Waals surface area (Å²) < 4.78 is 5.42. The molecule has 0 radical (unpaired) electrons. The van der Waals surface area contributed by atoms with Crippen molar-refractivity contribution < 1.29 is 4.74 Å². The topological polar surface area (TPSA) is 24.5 Å². The summed E-state index contributed by atoms with van der Waals surface area (Å²) in [5, 5.41) is 3.68. The number of rotatable bonds is 4. The number of hydrogen-bond donors (Lipinski definition) is 1. The predicted octanol–water partition coefficient (Wildman–Crippen LogP) is 1.88. The standard InChI is InChI=1S/C14H28N2O/c1-16(11-13-6-9-17-10-7-13)12-14-5-3-2-4-8-15-14/h13-15H,2-12H2,1H3. The van der Waals surface area contributed by atoms with E-state index >= 15 is 0 Å². The van der Waals surface area contributed by atoms with Gasteiger partial charge in [-0.15, -0.1) is 0 Å². The zero-order valence-corrected chi connectivity index (χ0v) is 11.3. The van der Waals surface area contributed by atoms with Crippen LogP contribution in [0, 0.1) is 5.92 Å². The maximum atomic E-state index is 5.42. The Kier molecular flexibility index (Phi) is 5.75. The van der Waals surface area contributed by atoms with Crippen molar-refractivity contribution in [2.45, 2.75) is 44.6 Å². The lowest BCUT2D eigenvalue weighted by Crippen LogP contribution is -2.41. The molecule has 1 N–H and O–H groups in total. The Morgan fingerprint density at radius 3 is 2.71 bits per heavy atom. The highest BCUT2D eigenvalue weighted by Gasteiger charge is 2.18. The Morgan fingerprint density at radius 1 is 1.06 bits per heavy atom. The summed E-state index contributed by atoms with van der Waals surface area (Å²) in [6.45, 7) is 5.63. The predicted molar refractivity (Wildman–Crippen MR) is 71.3 cm³/mol. The second kappa shape index (κ2) is 7.34. The van der Waals surface area contributed by atoms with Crippen LogP contribution in [-0.4, -0.2) is 50.8 Å². The summed E-state index contributed by atoms with van der Waals surface area (Å²) >= 11 is 0. The van der Waals surface area contributed by atoms with Crippen molar-refractivity contribution in [3.63, 3.8) is 0 Å². The third-order valence-electron chi connectivity index (χ3n) is 4.11. The van der Waals surface area contributed by atoms with E-state index in [1.54, 1.807) is 0 Å². The van der Waals surface area contributed by atoms with E-state index in [9.17, 15) is 0 Å². The number of nitrogens with zero attached hydrogens (tertiary/aromatic N) is 1. The van der Waals surface area contributed by atoms with Crippen molar-refractivity contribution >= 4 is 0 Å². The molecule has 2 aliphatic rings. The molecule has 2 heterocycles. The number of likely N-dealkylation sites (N-methyl/N-ethyl adjacent to an activating group) is 1. The van der Waals surface area contributed by atoms with Gasteiger partial charge in [-0.05, 0) is 45.2 Å². The molecule has 0 spiro atoms. The van der Waals surface area contributed by atoms with E-state index < -0.39 is 0 Å². The molecular weight excluding hydrogens is 212 g/mol. The lowest BCUT2D eigenvalue weighted by molar-refractivity contribution is 0.0547. The van der Waals surface area contributed by atoms with Crippen molar-refractivity contribution in [3.8, 4) is 0 Å². The Morgan fingerprint density at radius 2 is 1.88 bits per heavy atom. The minimum absolute atomic E-state index is 0.724. The van der Waals surface area contributed by atoms with Gasteiger partial charge in [0, 0.05) is 32.3 Å². The van der Waals surface area contributed by atoms with Gasteiger partial charge >= 0.3 is 0 Å². The average Bonchev–Trinajstić information content (AvgIpc) is 2.59. The SMILES string of the molecule is CN(CC1CCOCC1)CC1CCCCCN1. The molecule has 0 aromatic heterocycles. The van der Waals surface area contributed by atoms with E-state index in [1.165, 1.54) is 58.2 Å². The molecule has 3 nitrogen and oxygen atoms in total. The zero-order chi connectivity index (χ0) is 11.9. The molecular formula is C14H28N2O. The molecule has 1 atom stereocenters. The summed E-state index contributed by atoms with van der Waals surface area (Å²) in [6, 6.07) is 0.724. The van der Waals surface area contributed by atoms with Crippen LogP contribution in [0.2, 0.25) is 0 Å². The van der Waals surface area contributed by atoms with E-state index in [0.717, 1.165) is 25.2 Å². The fourth-order valence-corrected chi connectivity index (χ4v) is 3.08. The largest absolute Gasteiger partial charge is 0.381 e. The fraction of sp³-hybridized carbons (Fsp3) is 1.00. The first-order valence-corrected chi connectivity index (χ1v) is 7.34. The minimum atomic E-state index is 0.724. The van der Waals surface area contributed by atoms with Crippen LogP contribution in [-0.2, 0) is 4.74 Å². The van der Waals surface area contributed by atoms with Gasteiger partial charge in [0.2, 0.25) is 0 Å². The first-order valence-electron chi connectivity index (χ1n) is 7.34. The Balaban J connectivity index is 1.66. The monoisotopic (exact) mass is 240 g/mol. The van der Waals surface area contributed by atoms with Gasteiger partial charge in [0.25, 0.3) is 0 Å². The molecule has 0 saturated carbocycles. The quantitative estimate of drug-likeness (QED) is 0.812. The highest BCUT2D eigenvalue weighted by atomic mass is 16.5. The van der Waals surface area contributed by atoms with Crippen molar-refractivity contribution in [2.75, 3.05) is 39.9 Å². The van der Waals surface area contributed by atoms with E-state index in [0.29, 0.717) is 0 Å². The van der Waals surface area contributed by atoms with Crippen molar-refractivity contribution in [1.82, 2.24) is 10.2 Å². The molecule has 0 bridgehead atoms. The van der Waals surface area contributed by atoms with Gasteiger partial charge in [0.05, 0.1) is 0 Å². The number of nitrogens with one attached hydrogen (secondary N) is 1. The van der Waals surface area contributed by atoms with Crippen LogP contribution < -0.4 is 5.32 Å². The van der Waals surface area contributed by atoms with Crippen LogP contribution in [0.1, 0.15) is 38.5 Å². The van der Waals surface area contributed by atoms with Crippen molar-refractivity contribution in [3.05, 3.63) is 0 Å².